The van der Waals surface area contributed by atoms with Gasteiger partial charge in [0.1, 0.15) is 17.2 Å². The molecule has 0 N–H and O–H groups in total. The third-order valence-corrected chi connectivity index (χ3v) is 7.46. The largest absolute Gasteiger partial charge is 0.494 e. The smallest absolute Gasteiger partial charge is 0.347 e. The van der Waals surface area contributed by atoms with Crippen molar-refractivity contribution in [3.05, 3.63) is 78.4 Å². The Labute approximate surface area is 257 Å². The van der Waals surface area contributed by atoms with Gasteiger partial charge in [-0.2, -0.15) is 0 Å². The van der Waals surface area contributed by atoms with Crippen LogP contribution in [0, 0.1) is 5.92 Å². The molecule has 0 aliphatic carbocycles. The van der Waals surface area contributed by atoms with Crippen LogP contribution < -0.4 is 14.2 Å². The molecule has 6 nitrogen and oxygen atoms in total. The monoisotopic (exact) mass is 588 g/mol. The molecule has 3 aromatic rings. The molecule has 0 heterocycles. The molecule has 0 bridgehead atoms. The van der Waals surface area contributed by atoms with E-state index in [1.165, 1.54) is 44.9 Å². The van der Waals surface area contributed by atoms with Crippen LogP contribution >= 0.6 is 0 Å². The Bertz CT molecular complexity index is 1220. The fourth-order valence-electron chi connectivity index (χ4n) is 4.43. The minimum Gasteiger partial charge on any atom is -0.494 e. The average Bonchev–Trinajstić information content (AvgIpc) is 3.03. The molecule has 0 aliphatic rings. The van der Waals surface area contributed by atoms with E-state index < -0.39 is 12.1 Å². The summed E-state index contributed by atoms with van der Waals surface area (Å²) in [5.41, 5.74) is 2.40. The molecule has 3 aromatic carbocycles. The van der Waals surface area contributed by atoms with Crippen LogP contribution in [0.15, 0.2) is 72.8 Å². The third kappa shape index (κ3) is 12.1. The van der Waals surface area contributed by atoms with E-state index in [0.29, 0.717) is 36.2 Å². The molecular formula is C37H48O6. The molecule has 0 spiro atoms. The van der Waals surface area contributed by atoms with E-state index in [9.17, 15) is 9.59 Å². The zero-order valence-electron chi connectivity index (χ0n) is 26.3. The van der Waals surface area contributed by atoms with E-state index in [0.717, 1.165) is 29.7 Å². The van der Waals surface area contributed by atoms with Gasteiger partial charge >= 0.3 is 11.9 Å². The lowest BCUT2D eigenvalue weighted by Gasteiger charge is -2.16. The van der Waals surface area contributed by atoms with Gasteiger partial charge in [0, 0.05) is 0 Å². The fraction of sp³-hybridized carbons (Fsp3) is 0.459. The van der Waals surface area contributed by atoms with Crippen molar-refractivity contribution in [2.45, 2.75) is 91.6 Å². The number of esters is 2. The van der Waals surface area contributed by atoms with Crippen molar-refractivity contribution < 1.29 is 28.5 Å². The van der Waals surface area contributed by atoms with Gasteiger partial charge in [-0.3, -0.25) is 0 Å². The summed E-state index contributed by atoms with van der Waals surface area (Å²) in [7, 11) is 0. The molecule has 0 aromatic heterocycles. The second-order valence-corrected chi connectivity index (χ2v) is 11.2. The quantitative estimate of drug-likeness (QED) is 0.0789. The van der Waals surface area contributed by atoms with E-state index in [4.69, 9.17) is 18.9 Å². The molecule has 43 heavy (non-hydrogen) atoms. The summed E-state index contributed by atoms with van der Waals surface area (Å²) in [6, 6.07) is 21.9. The number of carbonyl (C=O) groups excluding carboxylic acids is 2. The summed E-state index contributed by atoms with van der Waals surface area (Å²) in [6.45, 7) is 9.12. The zero-order chi connectivity index (χ0) is 30.9. The van der Waals surface area contributed by atoms with Crippen LogP contribution in [0.4, 0.5) is 0 Å². The maximum absolute atomic E-state index is 12.7. The highest BCUT2D eigenvalue weighted by Gasteiger charge is 2.17. The van der Waals surface area contributed by atoms with Gasteiger partial charge in [-0.15, -0.1) is 0 Å². The molecule has 0 radical (unpaired) electrons. The van der Waals surface area contributed by atoms with Crippen LogP contribution in [0.1, 0.15) is 95.8 Å². The van der Waals surface area contributed by atoms with E-state index in [1.807, 2.05) is 55.5 Å². The van der Waals surface area contributed by atoms with Crippen LogP contribution in [0.3, 0.4) is 0 Å². The second kappa shape index (κ2) is 18.7. The van der Waals surface area contributed by atoms with E-state index in [1.54, 1.807) is 31.2 Å². The molecule has 3 rings (SSSR count). The number of hydrogen-bond acceptors (Lipinski definition) is 6. The van der Waals surface area contributed by atoms with Crippen LogP contribution in [0.25, 0.3) is 11.1 Å². The molecule has 0 fully saturated rings. The molecule has 0 saturated heterocycles. The molecule has 0 amide bonds. The van der Waals surface area contributed by atoms with Gasteiger partial charge in [-0.05, 0) is 78.9 Å². The van der Waals surface area contributed by atoms with E-state index in [-0.39, 0.29) is 5.97 Å². The Morgan fingerprint density at radius 2 is 1.19 bits per heavy atom. The lowest BCUT2D eigenvalue weighted by Crippen LogP contribution is -2.27. The highest BCUT2D eigenvalue weighted by atomic mass is 16.6. The number of benzene rings is 3. The summed E-state index contributed by atoms with van der Waals surface area (Å²) in [5, 5.41) is 0. The predicted octanol–water partition coefficient (Wildman–Crippen LogP) is 9.45. The van der Waals surface area contributed by atoms with Gasteiger partial charge in [-0.25, -0.2) is 9.59 Å². The Balaban J connectivity index is 1.41. The lowest BCUT2D eigenvalue weighted by molar-refractivity contribution is -0.152. The summed E-state index contributed by atoms with van der Waals surface area (Å²) < 4.78 is 22.5. The Morgan fingerprint density at radius 3 is 1.77 bits per heavy atom. The van der Waals surface area contributed by atoms with Crippen molar-refractivity contribution in [3.63, 3.8) is 0 Å². The van der Waals surface area contributed by atoms with Crippen molar-refractivity contribution in [1.29, 1.82) is 0 Å². The first-order valence-corrected chi connectivity index (χ1v) is 15.9. The Kier molecular flexibility index (Phi) is 14.6. The summed E-state index contributed by atoms with van der Waals surface area (Å²) >= 11 is 0. The van der Waals surface area contributed by atoms with Crippen molar-refractivity contribution in [3.8, 4) is 28.4 Å². The van der Waals surface area contributed by atoms with Gasteiger partial charge in [0.15, 0.2) is 6.10 Å². The SMILES string of the molecule is CCCCCCCCCCOc1ccc(C(=O)Oc2ccc(-c3ccc(OC(C)C(=O)OCC(C)CC)cc3)cc2)cc1. The Hall–Kier alpha value is -3.80. The van der Waals surface area contributed by atoms with Crippen molar-refractivity contribution in [2.24, 2.45) is 5.92 Å². The second-order valence-electron chi connectivity index (χ2n) is 11.2. The standard InChI is InChI=1S/C37H48O6/c1-5-7-8-9-10-11-12-13-26-40-33-20-18-32(19-21-33)37(39)43-35-24-16-31(17-25-35)30-14-22-34(23-15-30)42-29(4)36(38)41-27-28(3)6-2/h14-25,28-29H,5-13,26-27H2,1-4H3. The van der Waals surface area contributed by atoms with Crippen molar-refractivity contribution in [2.75, 3.05) is 13.2 Å². The van der Waals surface area contributed by atoms with Gasteiger partial charge < -0.3 is 18.9 Å². The van der Waals surface area contributed by atoms with Gasteiger partial charge in [0.05, 0.1) is 18.8 Å². The first kappa shape index (κ1) is 33.7. The molecule has 232 valence electrons. The minimum absolute atomic E-state index is 0.325. The van der Waals surface area contributed by atoms with Crippen LogP contribution in [0.5, 0.6) is 17.2 Å². The first-order chi connectivity index (χ1) is 20.9. The summed E-state index contributed by atoms with van der Waals surface area (Å²) in [5.74, 6) is 1.36. The highest BCUT2D eigenvalue weighted by Crippen LogP contribution is 2.26. The van der Waals surface area contributed by atoms with Crippen molar-refractivity contribution >= 4 is 11.9 Å². The van der Waals surface area contributed by atoms with Gasteiger partial charge in [0.25, 0.3) is 0 Å². The van der Waals surface area contributed by atoms with Crippen LogP contribution in [-0.4, -0.2) is 31.3 Å². The number of unbranched alkanes of at least 4 members (excludes halogenated alkanes) is 7. The summed E-state index contributed by atoms with van der Waals surface area (Å²) in [4.78, 5) is 24.8. The zero-order valence-corrected chi connectivity index (χ0v) is 26.3. The molecule has 0 saturated carbocycles. The van der Waals surface area contributed by atoms with E-state index >= 15 is 0 Å². The maximum atomic E-state index is 12.7. The number of hydrogen-bond donors (Lipinski definition) is 0. The minimum atomic E-state index is -0.688. The summed E-state index contributed by atoms with van der Waals surface area (Å²) in [6.07, 6.45) is 10.4. The van der Waals surface area contributed by atoms with Gasteiger partial charge in [0.2, 0.25) is 0 Å². The fourth-order valence-corrected chi connectivity index (χ4v) is 4.43. The molecule has 2 atom stereocenters. The predicted molar refractivity (Wildman–Crippen MR) is 172 cm³/mol. The van der Waals surface area contributed by atoms with Crippen molar-refractivity contribution in [1.82, 2.24) is 0 Å². The number of rotatable bonds is 19. The average molecular weight is 589 g/mol. The third-order valence-electron chi connectivity index (χ3n) is 7.46. The molecular weight excluding hydrogens is 540 g/mol. The van der Waals surface area contributed by atoms with Crippen LogP contribution in [-0.2, 0) is 9.53 Å². The topological polar surface area (TPSA) is 71.1 Å². The van der Waals surface area contributed by atoms with Crippen LogP contribution in [0.2, 0.25) is 0 Å². The highest BCUT2D eigenvalue weighted by molar-refractivity contribution is 5.91. The van der Waals surface area contributed by atoms with Gasteiger partial charge in [-0.1, -0.05) is 96.4 Å². The maximum Gasteiger partial charge on any atom is 0.347 e. The first-order valence-electron chi connectivity index (χ1n) is 15.9. The Morgan fingerprint density at radius 1 is 0.651 bits per heavy atom. The van der Waals surface area contributed by atoms with E-state index in [2.05, 4.69) is 13.8 Å². The molecule has 6 heteroatoms. The molecule has 0 aliphatic heterocycles. The number of ether oxygens (including phenoxy) is 4. The normalized spacial score (nSPS) is 12.3. The molecule has 2 unspecified atom stereocenters. The lowest BCUT2D eigenvalue weighted by atomic mass is 10.1. The number of carbonyl (C=O) groups is 2.